The first kappa shape index (κ1) is 24.7. The summed E-state index contributed by atoms with van der Waals surface area (Å²) >= 11 is 0. The van der Waals surface area contributed by atoms with Crippen LogP contribution in [0.5, 0.6) is 0 Å². The zero-order chi connectivity index (χ0) is 26.6. The predicted octanol–water partition coefficient (Wildman–Crippen LogP) is 7.70. The average molecular weight is 545 g/mol. The van der Waals surface area contributed by atoms with E-state index >= 15 is 8.78 Å². The second-order valence-electron chi connectivity index (χ2n) is 9.40. The van der Waals surface area contributed by atoms with Crippen LogP contribution < -0.4 is 9.80 Å². The van der Waals surface area contributed by atoms with Crippen LogP contribution >= 0.6 is 21.6 Å². The summed E-state index contributed by atoms with van der Waals surface area (Å²) in [5.74, 6) is -1.35. The molecular formula is C30H22F2N2O2S2. The summed E-state index contributed by atoms with van der Waals surface area (Å²) in [5, 5.41) is 0. The summed E-state index contributed by atoms with van der Waals surface area (Å²) in [6, 6.07) is 20.9. The van der Waals surface area contributed by atoms with Crippen molar-refractivity contribution in [2.45, 2.75) is 36.7 Å². The number of carbonyl (C=O) groups is 2. The molecule has 190 valence electrons. The summed E-state index contributed by atoms with van der Waals surface area (Å²) in [6.45, 7) is 4.27. The number of carbonyl (C=O) groups excluding carboxylic acids is 2. The van der Waals surface area contributed by atoms with E-state index < -0.39 is 11.6 Å². The topological polar surface area (TPSA) is 40.6 Å². The molecule has 8 heteroatoms. The smallest absolute Gasteiger partial charge is 0.259 e. The molecule has 38 heavy (non-hydrogen) atoms. The molecule has 2 amide bonds. The number of aryl methyl sites for hydroxylation is 2. The number of amides is 2. The van der Waals surface area contributed by atoms with Crippen molar-refractivity contribution < 1.29 is 18.4 Å². The monoisotopic (exact) mass is 544 g/mol. The number of halogens is 2. The van der Waals surface area contributed by atoms with E-state index in [9.17, 15) is 9.59 Å². The Hall–Kier alpha value is -3.62. The molecule has 2 heterocycles. The highest BCUT2D eigenvalue weighted by Crippen LogP contribution is 2.45. The Morgan fingerprint density at radius 3 is 1.42 bits per heavy atom. The van der Waals surface area contributed by atoms with Crippen LogP contribution in [0, 0.1) is 25.5 Å². The molecule has 0 aromatic heterocycles. The molecule has 0 N–H and O–H groups in total. The molecule has 0 radical (unpaired) electrons. The van der Waals surface area contributed by atoms with Crippen LogP contribution in [0.25, 0.3) is 0 Å². The largest absolute Gasteiger partial charge is 0.301 e. The highest BCUT2D eigenvalue weighted by Gasteiger charge is 2.31. The van der Waals surface area contributed by atoms with Gasteiger partial charge in [0.2, 0.25) is 0 Å². The molecule has 0 spiro atoms. The van der Waals surface area contributed by atoms with Crippen molar-refractivity contribution in [1.29, 1.82) is 0 Å². The molecule has 0 saturated carbocycles. The minimum Gasteiger partial charge on any atom is -0.301 e. The van der Waals surface area contributed by atoms with Crippen LogP contribution in [0.3, 0.4) is 0 Å². The third-order valence-corrected chi connectivity index (χ3v) is 9.58. The molecule has 0 atom stereocenters. The van der Waals surface area contributed by atoms with Crippen molar-refractivity contribution in [1.82, 2.24) is 0 Å². The quantitative estimate of drug-likeness (QED) is 0.242. The van der Waals surface area contributed by atoms with E-state index in [2.05, 4.69) is 0 Å². The van der Waals surface area contributed by atoms with E-state index in [1.165, 1.54) is 43.5 Å². The van der Waals surface area contributed by atoms with Crippen molar-refractivity contribution >= 4 is 44.8 Å². The lowest BCUT2D eigenvalue weighted by Gasteiger charge is -2.20. The molecule has 4 aromatic rings. The Morgan fingerprint density at radius 1 is 0.632 bits per heavy atom. The maximum absolute atomic E-state index is 15.0. The summed E-state index contributed by atoms with van der Waals surface area (Å²) < 4.78 is 30.1. The Labute approximate surface area is 227 Å². The number of nitrogens with zero attached hydrogens (tertiary/aromatic N) is 2. The Bertz CT molecular complexity index is 1520. The third kappa shape index (κ3) is 4.18. The molecule has 0 aliphatic carbocycles. The first-order valence-electron chi connectivity index (χ1n) is 12.1. The summed E-state index contributed by atoms with van der Waals surface area (Å²) in [6.07, 6.45) is 0. The van der Waals surface area contributed by atoms with E-state index in [0.29, 0.717) is 24.2 Å². The van der Waals surface area contributed by atoms with Gasteiger partial charge in [-0.25, -0.2) is 8.78 Å². The molecular weight excluding hydrogens is 522 g/mol. The number of benzene rings is 4. The van der Waals surface area contributed by atoms with Gasteiger partial charge in [-0.3, -0.25) is 9.59 Å². The van der Waals surface area contributed by atoms with Gasteiger partial charge in [-0.2, -0.15) is 0 Å². The zero-order valence-electron chi connectivity index (χ0n) is 20.6. The summed E-state index contributed by atoms with van der Waals surface area (Å²) in [5.41, 5.74) is 4.85. The second-order valence-corrected chi connectivity index (χ2v) is 11.6. The van der Waals surface area contributed by atoms with Gasteiger partial charge in [0.25, 0.3) is 11.8 Å². The van der Waals surface area contributed by atoms with Crippen molar-refractivity contribution in [3.63, 3.8) is 0 Å². The number of hydrogen-bond acceptors (Lipinski definition) is 4. The van der Waals surface area contributed by atoms with Gasteiger partial charge in [-0.05, 0) is 72.5 Å². The fraction of sp³-hybridized carbons (Fsp3) is 0.133. The van der Waals surface area contributed by atoms with E-state index in [-0.39, 0.29) is 23.2 Å². The lowest BCUT2D eigenvalue weighted by molar-refractivity contribution is 0.0988. The minimum atomic E-state index is -0.453. The molecule has 2 aliphatic rings. The van der Waals surface area contributed by atoms with Crippen LogP contribution in [0.2, 0.25) is 0 Å². The van der Waals surface area contributed by atoms with E-state index in [1.807, 2.05) is 38.1 Å². The molecule has 0 saturated heterocycles. The van der Waals surface area contributed by atoms with Crippen molar-refractivity contribution in [2.24, 2.45) is 0 Å². The fourth-order valence-corrected chi connectivity index (χ4v) is 7.36. The van der Waals surface area contributed by atoms with E-state index in [0.717, 1.165) is 32.0 Å². The van der Waals surface area contributed by atoms with E-state index in [4.69, 9.17) is 0 Å². The second kappa shape index (κ2) is 9.60. The van der Waals surface area contributed by atoms with Crippen molar-refractivity contribution in [3.8, 4) is 0 Å². The van der Waals surface area contributed by atoms with Gasteiger partial charge in [0.15, 0.2) is 0 Å². The zero-order valence-corrected chi connectivity index (χ0v) is 22.3. The van der Waals surface area contributed by atoms with Gasteiger partial charge in [0.1, 0.15) is 11.6 Å². The average Bonchev–Trinajstić information content (AvgIpc) is 3.41. The lowest BCUT2D eigenvalue weighted by atomic mass is 10.1. The summed E-state index contributed by atoms with van der Waals surface area (Å²) in [4.78, 5) is 30.4. The standard InChI is InChI=1S/C30H22F2N2O2S2/c1-17-11-23(31)25(33-15-19-7-3-5-9-21(19)29(33)35)13-27(17)37-38-28-14-26(24(32)12-18(28)2)34-16-20-8-4-6-10-22(20)30(34)36/h3-14H,15-16H2,1-2H3. The molecule has 2 aliphatic heterocycles. The Balaban J connectivity index is 1.27. The van der Waals surface area contributed by atoms with Crippen LogP contribution in [0.4, 0.5) is 20.2 Å². The number of hydrogen-bond donors (Lipinski definition) is 0. The molecule has 4 nitrogen and oxygen atoms in total. The van der Waals surface area contributed by atoms with Crippen molar-refractivity contribution in [3.05, 3.63) is 118 Å². The fourth-order valence-electron chi connectivity index (χ4n) is 4.87. The van der Waals surface area contributed by atoms with Gasteiger partial charge in [-0.15, -0.1) is 0 Å². The lowest BCUT2D eigenvalue weighted by Crippen LogP contribution is -2.24. The van der Waals surface area contributed by atoms with Crippen LogP contribution in [-0.4, -0.2) is 11.8 Å². The van der Waals surface area contributed by atoms with Gasteiger partial charge in [-0.1, -0.05) is 58.0 Å². The first-order chi connectivity index (χ1) is 18.3. The summed E-state index contributed by atoms with van der Waals surface area (Å²) in [7, 11) is 2.82. The van der Waals surface area contributed by atoms with Gasteiger partial charge in [0, 0.05) is 20.9 Å². The van der Waals surface area contributed by atoms with Crippen molar-refractivity contribution in [2.75, 3.05) is 9.80 Å². The minimum absolute atomic E-state index is 0.220. The SMILES string of the molecule is Cc1cc(F)c(N2Cc3ccccc3C2=O)cc1SSc1cc(N2Cc3ccccc3C2=O)c(F)cc1C. The Kier molecular flexibility index (Phi) is 6.24. The van der Waals surface area contributed by atoms with E-state index in [1.54, 1.807) is 36.4 Å². The van der Waals surface area contributed by atoms with Crippen LogP contribution in [-0.2, 0) is 13.1 Å². The maximum Gasteiger partial charge on any atom is 0.259 e. The molecule has 0 bridgehead atoms. The Morgan fingerprint density at radius 2 is 1.03 bits per heavy atom. The number of rotatable bonds is 5. The highest BCUT2D eigenvalue weighted by molar-refractivity contribution is 8.76. The molecule has 0 fully saturated rings. The number of anilines is 2. The van der Waals surface area contributed by atoms with Crippen LogP contribution in [0.1, 0.15) is 43.0 Å². The first-order valence-corrected chi connectivity index (χ1v) is 14.2. The third-order valence-electron chi connectivity index (χ3n) is 6.93. The van der Waals surface area contributed by atoms with Gasteiger partial charge in [0.05, 0.1) is 24.5 Å². The molecule has 6 rings (SSSR count). The van der Waals surface area contributed by atoms with Gasteiger partial charge >= 0.3 is 0 Å². The van der Waals surface area contributed by atoms with Gasteiger partial charge < -0.3 is 9.80 Å². The van der Waals surface area contributed by atoms with Crippen LogP contribution in [0.15, 0.2) is 82.6 Å². The maximum atomic E-state index is 15.0. The molecule has 0 unspecified atom stereocenters. The normalized spacial score (nSPS) is 14.3. The molecule has 4 aromatic carbocycles. The highest BCUT2D eigenvalue weighted by atomic mass is 33.1. The predicted molar refractivity (Wildman–Crippen MR) is 148 cm³/mol. The number of fused-ring (bicyclic) bond motifs is 2.